The highest BCUT2D eigenvalue weighted by Gasteiger charge is 2.15. The van der Waals surface area contributed by atoms with E-state index in [2.05, 4.69) is 16.0 Å². The molecule has 0 unspecified atom stereocenters. The molecule has 144 valence electrons. The van der Waals surface area contributed by atoms with Crippen molar-refractivity contribution in [2.75, 3.05) is 25.0 Å². The molecule has 2 amide bonds. The summed E-state index contributed by atoms with van der Waals surface area (Å²) in [6, 6.07) is 6.06. The maximum absolute atomic E-state index is 11.7. The van der Waals surface area contributed by atoms with E-state index in [1.807, 2.05) is 0 Å². The Morgan fingerprint density at radius 2 is 1.73 bits per heavy atom. The zero-order valence-corrected chi connectivity index (χ0v) is 15.3. The molecule has 9 heteroatoms. The van der Waals surface area contributed by atoms with Crippen molar-refractivity contribution in [3.8, 4) is 0 Å². The van der Waals surface area contributed by atoms with Crippen LogP contribution < -0.4 is 16.0 Å². The van der Waals surface area contributed by atoms with Gasteiger partial charge in [-0.3, -0.25) is 14.9 Å². The van der Waals surface area contributed by atoms with Crippen LogP contribution in [-0.4, -0.2) is 42.2 Å². The number of amides is 2. The van der Waals surface area contributed by atoms with Crippen LogP contribution in [0, 0.1) is 10.1 Å². The lowest BCUT2D eigenvalue weighted by atomic mass is 10.2. The summed E-state index contributed by atoms with van der Waals surface area (Å²) in [4.78, 5) is 33.2. The van der Waals surface area contributed by atoms with Crippen LogP contribution in [0.15, 0.2) is 24.3 Å². The Hall–Kier alpha value is -2.84. The van der Waals surface area contributed by atoms with Crippen LogP contribution in [0.25, 0.3) is 0 Å². The zero-order valence-electron chi connectivity index (χ0n) is 15.3. The van der Waals surface area contributed by atoms with Crippen molar-refractivity contribution in [3.63, 3.8) is 0 Å². The highest BCUT2D eigenvalue weighted by molar-refractivity contribution is 5.76. The molecule has 0 aliphatic carbocycles. The molecule has 0 aliphatic heterocycles. The first-order chi connectivity index (χ1) is 12.2. The van der Waals surface area contributed by atoms with Gasteiger partial charge >= 0.3 is 6.09 Å². The minimum atomic E-state index is -0.544. The Bertz CT molecular complexity index is 611. The number of hydrogen-bond acceptors (Lipinski definition) is 6. The number of non-ortho nitro benzene ring substituents is 1. The van der Waals surface area contributed by atoms with Crippen molar-refractivity contribution in [1.29, 1.82) is 0 Å². The number of carbonyl (C=O) groups excluding carboxylic acids is 2. The summed E-state index contributed by atoms with van der Waals surface area (Å²) in [5.74, 6) is -0.110. The lowest BCUT2D eigenvalue weighted by Gasteiger charge is -2.19. The molecule has 26 heavy (non-hydrogen) atoms. The highest BCUT2D eigenvalue weighted by atomic mass is 16.6. The van der Waals surface area contributed by atoms with Crippen LogP contribution in [0.2, 0.25) is 0 Å². The highest BCUT2D eigenvalue weighted by Crippen LogP contribution is 2.14. The van der Waals surface area contributed by atoms with Gasteiger partial charge in [0.1, 0.15) is 5.60 Å². The lowest BCUT2D eigenvalue weighted by molar-refractivity contribution is -0.384. The topological polar surface area (TPSA) is 123 Å². The number of anilines is 1. The molecule has 0 atom stereocenters. The van der Waals surface area contributed by atoms with E-state index in [4.69, 9.17) is 4.74 Å². The summed E-state index contributed by atoms with van der Waals surface area (Å²) >= 11 is 0. The SMILES string of the molecule is CC(C)(C)OC(=O)NCCCC(=O)NCCNc1ccc([N+](=O)[O-])cc1. The maximum Gasteiger partial charge on any atom is 0.407 e. The van der Waals surface area contributed by atoms with E-state index < -0.39 is 16.6 Å². The lowest BCUT2D eigenvalue weighted by Crippen LogP contribution is -2.34. The van der Waals surface area contributed by atoms with Crippen LogP contribution in [-0.2, 0) is 9.53 Å². The first-order valence-electron chi connectivity index (χ1n) is 8.39. The Kier molecular flexibility index (Phi) is 8.33. The molecule has 0 aromatic heterocycles. The summed E-state index contributed by atoms with van der Waals surface area (Å²) in [5, 5.41) is 19.0. The summed E-state index contributed by atoms with van der Waals surface area (Å²) in [7, 11) is 0. The van der Waals surface area contributed by atoms with Gasteiger partial charge in [-0.1, -0.05) is 0 Å². The third-order valence-corrected chi connectivity index (χ3v) is 3.10. The van der Waals surface area contributed by atoms with Crippen LogP contribution in [0.5, 0.6) is 0 Å². The first-order valence-corrected chi connectivity index (χ1v) is 8.39. The molecule has 0 fully saturated rings. The van der Waals surface area contributed by atoms with Gasteiger partial charge in [-0.15, -0.1) is 0 Å². The molecular formula is C17H26N4O5. The largest absolute Gasteiger partial charge is 0.444 e. The summed E-state index contributed by atoms with van der Waals surface area (Å²) in [5.41, 5.74) is 0.230. The number of benzene rings is 1. The van der Waals surface area contributed by atoms with Crippen molar-refractivity contribution in [2.24, 2.45) is 0 Å². The van der Waals surface area contributed by atoms with Gasteiger partial charge in [0.15, 0.2) is 0 Å². The monoisotopic (exact) mass is 366 g/mol. The molecule has 0 saturated carbocycles. The van der Waals surface area contributed by atoms with E-state index in [9.17, 15) is 19.7 Å². The van der Waals surface area contributed by atoms with Gasteiger partial charge in [0, 0.05) is 43.9 Å². The number of nitrogens with one attached hydrogen (secondary N) is 3. The number of hydrogen-bond donors (Lipinski definition) is 3. The molecule has 1 rings (SSSR count). The second-order valence-corrected chi connectivity index (χ2v) is 6.61. The number of carbonyl (C=O) groups is 2. The van der Waals surface area contributed by atoms with Gasteiger partial charge in [0.25, 0.3) is 5.69 Å². The van der Waals surface area contributed by atoms with Crippen LogP contribution in [0.4, 0.5) is 16.2 Å². The minimum Gasteiger partial charge on any atom is -0.444 e. The number of ether oxygens (including phenoxy) is 1. The fourth-order valence-corrected chi connectivity index (χ4v) is 1.95. The predicted molar refractivity (Wildman–Crippen MR) is 98.1 cm³/mol. The molecule has 0 heterocycles. The fourth-order valence-electron chi connectivity index (χ4n) is 1.95. The number of nitro groups is 1. The molecule has 0 spiro atoms. The summed E-state index contributed by atoms with van der Waals surface area (Å²) in [6.07, 6.45) is 0.318. The average molecular weight is 366 g/mol. The van der Waals surface area contributed by atoms with Gasteiger partial charge in [-0.05, 0) is 39.3 Å². The number of nitro benzene ring substituents is 1. The van der Waals surface area contributed by atoms with Crippen LogP contribution in [0.3, 0.4) is 0 Å². The third-order valence-electron chi connectivity index (χ3n) is 3.10. The molecular weight excluding hydrogens is 340 g/mol. The number of alkyl carbamates (subject to hydrolysis) is 1. The van der Waals surface area contributed by atoms with Gasteiger partial charge in [0.05, 0.1) is 4.92 Å². The van der Waals surface area contributed by atoms with Gasteiger partial charge < -0.3 is 20.7 Å². The molecule has 0 radical (unpaired) electrons. The molecule has 1 aromatic carbocycles. The van der Waals surface area contributed by atoms with E-state index in [0.29, 0.717) is 32.5 Å². The Morgan fingerprint density at radius 1 is 1.08 bits per heavy atom. The van der Waals surface area contributed by atoms with Gasteiger partial charge in [-0.25, -0.2) is 4.79 Å². The number of rotatable bonds is 9. The van der Waals surface area contributed by atoms with E-state index in [-0.39, 0.29) is 11.6 Å². The summed E-state index contributed by atoms with van der Waals surface area (Å²) < 4.78 is 5.09. The standard InChI is InChI=1S/C17H26N4O5/c1-17(2,3)26-16(23)20-10-4-5-15(22)19-12-11-18-13-6-8-14(9-7-13)21(24)25/h6-9,18H,4-5,10-12H2,1-3H3,(H,19,22)(H,20,23). The normalized spacial score (nSPS) is 10.7. The Labute approximate surface area is 152 Å². The van der Waals surface area contributed by atoms with E-state index in [1.54, 1.807) is 32.9 Å². The second-order valence-electron chi connectivity index (χ2n) is 6.61. The molecule has 0 bridgehead atoms. The van der Waals surface area contributed by atoms with E-state index >= 15 is 0 Å². The van der Waals surface area contributed by atoms with Crippen LogP contribution >= 0.6 is 0 Å². The maximum atomic E-state index is 11.7. The first kappa shape index (κ1) is 21.2. The van der Waals surface area contributed by atoms with E-state index in [1.165, 1.54) is 12.1 Å². The Balaban J connectivity index is 2.10. The number of nitrogens with zero attached hydrogens (tertiary/aromatic N) is 1. The van der Waals surface area contributed by atoms with Gasteiger partial charge in [-0.2, -0.15) is 0 Å². The van der Waals surface area contributed by atoms with Crippen molar-refractivity contribution >= 4 is 23.4 Å². The molecule has 9 nitrogen and oxygen atoms in total. The van der Waals surface area contributed by atoms with Crippen molar-refractivity contribution < 1.29 is 19.2 Å². The Morgan fingerprint density at radius 3 is 2.31 bits per heavy atom. The van der Waals surface area contributed by atoms with Gasteiger partial charge in [0.2, 0.25) is 5.91 Å². The van der Waals surface area contributed by atoms with E-state index in [0.717, 1.165) is 5.69 Å². The molecule has 3 N–H and O–H groups in total. The second kappa shape index (κ2) is 10.2. The molecule has 0 aliphatic rings. The van der Waals surface area contributed by atoms with Crippen molar-refractivity contribution in [3.05, 3.63) is 34.4 Å². The average Bonchev–Trinajstić information content (AvgIpc) is 2.54. The van der Waals surface area contributed by atoms with Crippen molar-refractivity contribution in [1.82, 2.24) is 10.6 Å². The quantitative estimate of drug-likeness (QED) is 0.350. The minimum absolute atomic E-state index is 0.0313. The smallest absolute Gasteiger partial charge is 0.407 e. The van der Waals surface area contributed by atoms with Crippen molar-refractivity contribution in [2.45, 2.75) is 39.2 Å². The third kappa shape index (κ3) is 9.45. The summed E-state index contributed by atoms with van der Waals surface area (Å²) in [6.45, 7) is 6.64. The zero-order chi connectivity index (χ0) is 19.6. The fraction of sp³-hybridized carbons (Fsp3) is 0.529. The molecule has 0 saturated heterocycles. The van der Waals surface area contributed by atoms with Crippen LogP contribution in [0.1, 0.15) is 33.6 Å². The predicted octanol–water partition coefficient (Wildman–Crippen LogP) is 2.43. The molecule has 1 aromatic rings.